The molecule has 7 atom stereocenters. The first-order valence-electron chi connectivity index (χ1n) is 31.3. The van der Waals surface area contributed by atoms with Crippen molar-refractivity contribution in [3.8, 4) is 5.75 Å². The first-order valence-corrected chi connectivity index (χ1v) is 37.1. The van der Waals surface area contributed by atoms with Crippen LogP contribution in [0.25, 0.3) is 0 Å². The minimum Gasteiger partial charge on any atom is -0.543 e. The Morgan fingerprint density at radius 2 is 1.04 bits per heavy atom. The van der Waals surface area contributed by atoms with Crippen LogP contribution in [-0.4, -0.2) is 61.7 Å². The van der Waals surface area contributed by atoms with Crippen molar-refractivity contribution in [3.05, 3.63) is 29.3 Å². The van der Waals surface area contributed by atoms with Crippen LogP contribution in [0.4, 0.5) is 0 Å². The molecule has 2 heterocycles. The lowest BCUT2D eigenvalue weighted by Gasteiger charge is -2.53. The van der Waals surface area contributed by atoms with Gasteiger partial charge in [-0.15, -0.1) is 0 Å². The standard InChI is InChI=1S/C64H116O6Si2/c1-61(2,3)71(8,9)69-53-39-41-54-52(50-53)38-40-56-55(54)42-45-63(7)57(56)51-64(60(63)70-72(10,11)62(4,5)6,43-30-24-20-16-12-14-18-22-26-32-46-65-58-36-28-34-48-67-58)44-31-25-21-17-13-15-19-23-27-33-47-66-59-37-29-35-49-68-59/h39,41,50,55-60H,12-38,40,42-49,51H2,1-11H3/t55-,56-,57+,58?,59?,60-,63+,64?/m1/s1. The Balaban J connectivity index is 1.05. The largest absolute Gasteiger partial charge is 0.543 e. The Hall–Kier alpha value is -0.746. The fourth-order valence-corrected chi connectivity index (χ4v) is 16.3. The molecule has 3 aliphatic carbocycles. The number of hydrogen-bond donors (Lipinski definition) is 0. The maximum atomic E-state index is 8.07. The molecule has 6 rings (SSSR count). The molecule has 2 saturated heterocycles. The van der Waals surface area contributed by atoms with Crippen LogP contribution < -0.4 is 4.43 Å². The minimum atomic E-state index is -2.04. The van der Waals surface area contributed by atoms with E-state index >= 15 is 0 Å². The molecule has 1 aromatic carbocycles. The van der Waals surface area contributed by atoms with Crippen LogP contribution in [0.5, 0.6) is 5.75 Å². The number of aryl methyl sites for hydroxylation is 1. The van der Waals surface area contributed by atoms with Gasteiger partial charge in [0, 0.05) is 26.4 Å². The molecule has 0 aromatic heterocycles. The normalized spacial score (nSPS) is 28.2. The number of benzene rings is 1. The zero-order valence-corrected chi connectivity index (χ0v) is 51.3. The van der Waals surface area contributed by atoms with Crippen LogP contribution in [-0.2, 0) is 29.8 Å². The van der Waals surface area contributed by atoms with Crippen LogP contribution in [0.15, 0.2) is 18.2 Å². The van der Waals surface area contributed by atoms with E-state index in [1.807, 2.05) is 0 Å². The Kier molecular flexibility index (Phi) is 24.2. The van der Waals surface area contributed by atoms with Gasteiger partial charge in [0.15, 0.2) is 20.9 Å². The molecule has 0 amide bonds. The van der Waals surface area contributed by atoms with Gasteiger partial charge in [0.2, 0.25) is 8.32 Å². The van der Waals surface area contributed by atoms with E-state index in [1.54, 1.807) is 11.1 Å². The fraction of sp³-hybridized carbons (Fsp3) is 0.906. The number of ether oxygens (including phenoxy) is 4. The monoisotopic (exact) mass is 1040 g/mol. The van der Waals surface area contributed by atoms with Crippen molar-refractivity contribution in [1.29, 1.82) is 0 Å². The first-order chi connectivity index (χ1) is 34.4. The summed E-state index contributed by atoms with van der Waals surface area (Å²) in [5, 5.41) is 0.398. The van der Waals surface area contributed by atoms with E-state index in [1.165, 1.54) is 199 Å². The van der Waals surface area contributed by atoms with Gasteiger partial charge < -0.3 is 27.8 Å². The summed E-state index contributed by atoms with van der Waals surface area (Å²) in [7, 11) is -3.95. The summed E-state index contributed by atoms with van der Waals surface area (Å²) >= 11 is 0. The second-order valence-corrected chi connectivity index (χ2v) is 37.4. The zero-order chi connectivity index (χ0) is 51.7. The first kappa shape index (κ1) is 60.5. The molecule has 2 aliphatic heterocycles. The van der Waals surface area contributed by atoms with Gasteiger partial charge in [0.1, 0.15) is 5.75 Å². The van der Waals surface area contributed by atoms with E-state index in [0.29, 0.717) is 12.0 Å². The lowest BCUT2D eigenvalue weighted by atomic mass is 9.55. The fourth-order valence-electron chi connectivity index (χ4n) is 13.8. The van der Waals surface area contributed by atoms with Gasteiger partial charge in [-0.1, -0.05) is 170 Å². The molecule has 4 fully saturated rings. The van der Waals surface area contributed by atoms with Crippen molar-refractivity contribution in [2.45, 2.75) is 321 Å². The van der Waals surface area contributed by atoms with Crippen LogP contribution in [0.2, 0.25) is 36.3 Å². The third kappa shape index (κ3) is 17.4. The minimum absolute atomic E-state index is 0.0643. The molecule has 416 valence electrons. The molecule has 0 bridgehead atoms. The number of unbranched alkanes of at least 4 members (excludes halogenated alkanes) is 18. The molecule has 0 radical (unpaired) electrons. The summed E-state index contributed by atoms with van der Waals surface area (Å²) in [6.07, 6.45) is 43.9. The molecule has 2 unspecified atom stereocenters. The maximum absolute atomic E-state index is 8.07. The highest BCUT2D eigenvalue weighted by Crippen LogP contribution is 2.69. The molecule has 0 N–H and O–H groups in total. The van der Waals surface area contributed by atoms with Crippen LogP contribution in [0.1, 0.15) is 271 Å². The second kappa shape index (κ2) is 28.8. The topological polar surface area (TPSA) is 55.4 Å². The van der Waals surface area contributed by atoms with Crippen molar-refractivity contribution in [1.82, 2.24) is 0 Å². The van der Waals surface area contributed by atoms with E-state index in [2.05, 4.69) is 92.9 Å². The van der Waals surface area contributed by atoms with Gasteiger partial charge in [0.25, 0.3) is 0 Å². The summed E-state index contributed by atoms with van der Waals surface area (Å²) in [5.41, 5.74) is 3.77. The molecule has 0 spiro atoms. The summed E-state index contributed by atoms with van der Waals surface area (Å²) in [6.45, 7) is 30.7. The molecule has 1 aromatic rings. The molecule has 2 saturated carbocycles. The molecular formula is C64H116O6Si2. The lowest BCUT2D eigenvalue weighted by molar-refractivity contribution is -0.163. The number of hydrogen-bond acceptors (Lipinski definition) is 6. The second-order valence-electron chi connectivity index (χ2n) is 27.9. The lowest BCUT2D eigenvalue weighted by Crippen LogP contribution is -2.54. The molecule has 72 heavy (non-hydrogen) atoms. The van der Waals surface area contributed by atoms with Crippen molar-refractivity contribution in [3.63, 3.8) is 0 Å². The van der Waals surface area contributed by atoms with E-state index in [9.17, 15) is 0 Å². The summed E-state index contributed by atoms with van der Waals surface area (Å²) < 4.78 is 38.4. The van der Waals surface area contributed by atoms with Gasteiger partial charge >= 0.3 is 0 Å². The highest BCUT2D eigenvalue weighted by atomic mass is 28.4. The van der Waals surface area contributed by atoms with Crippen LogP contribution in [0, 0.1) is 22.7 Å². The Labute approximate surface area is 447 Å². The molecule has 6 nitrogen and oxygen atoms in total. The van der Waals surface area contributed by atoms with Crippen LogP contribution in [0.3, 0.4) is 0 Å². The predicted molar refractivity (Wildman–Crippen MR) is 309 cm³/mol. The SMILES string of the molecule is CC(C)(C)[Si](C)(C)Oc1ccc2c(c1)CC[C@@H]1[C@@H]2CC[C@@]2(C)[C@H]1CC(CCCCCCCCCCCCOC1CCCCO1)(CCCCCCCCCCCCOC1CCCCO1)[C@@H]2O[Si](C)(C)C(C)(C)C. The van der Waals surface area contributed by atoms with Gasteiger partial charge in [-0.2, -0.15) is 0 Å². The van der Waals surface area contributed by atoms with E-state index < -0.39 is 16.6 Å². The third-order valence-electron chi connectivity index (χ3n) is 20.3. The van der Waals surface area contributed by atoms with Gasteiger partial charge in [0.05, 0.1) is 6.10 Å². The predicted octanol–water partition coefficient (Wildman–Crippen LogP) is 19.6. The van der Waals surface area contributed by atoms with Crippen molar-refractivity contribution in [2.24, 2.45) is 22.7 Å². The van der Waals surface area contributed by atoms with E-state index in [4.69, 9.17) is 27.8 Å². The number of rotatable bonds is 32. The third-order valence-corrected chi connectivity index (χ3v) is 29.1. The summed E-state index contributed by atoms with van der Waals surface area (Å²) in [4.78, 5) is 0. The highest BCUT2D eigenvalue weighted by molar-refractivity contribution is 6.75. The highest BCUT2D eigenvalue weighted by Gasteiger charge is 2.65. The van der Waals surface area contributed by atoms with E-state index in [0.717, 1.165) is 56.9 Å². The molecule has 5 aliphatic rings. The number of fused-ring (bicyclic) bond motifs is 5. The zero-order valence-electron chi connectivity index (χ0n) is 49.3. The quantitative estimate of drug-likeness (QED) is 0.0529. The maximum Gasteiger partial charge on any atom is 0.250 e. The summed E-state index contributed by atoms with van der Waals surface area (Å²) in [5.74, 6) is 3.28. The van der Waals surface area contributed by atoms with Crippen molar-refractivity contribution in [2.75, 3.05) is 26.4 Å². The Morgan fingerprint density at radius 3 is 1.50 bits per heavy atom. The van der Waals surface area contributed by atoms with Gasteiger partial charge in [-0.3, -0.25) is 0 Å². The smallest absolute Gasteiger partial charge is 0.250 e. The van der Waals surface area contributed by atoms with Crippen molar-refractivity contribution < 1.29 is 27.8 Å². The van der Waals surface area contributed by atoms with Crippen LogP contribution >= 0.6 is 0 Å². The Morgan fingerprint density at radius 1 is 0.569 bits per heavy atom. The summed E-state index contributed by atoms with van der Waals surface area (Å²) in [6, 6.07) is 7.35. The Bertz CT molecular complexity index is 1630. The van der Waals surface area contributed by atoms with Crippen molar-refractivity contribution >= 4 is 16.6 Å². The molecule has 8 heteroatoms. The van der Waals surface area contributed by atoms with E-state index in [-0.39, 0.29) is 33.5 Å². The average Bonchev–Trinajstić information content (AvgIpc) is 3.58. The molecular weight excluding hydrogens is 921 g/mol. The van der Waals surface area contributed by atoms with Gasteiger partial charge in [-0.05, 0) is 184 Å². The van der Waals surface area contributed by atoms with Gasteiger partial charge in [-0.25, -0.2) is 0 Å². The average molecular weight is 1040 g/mol.